The SMILES string of the molecule is CS(=O)(=O)O.CS(=O)(=O)O.c1cc2nc(CCCCCc3nc4ccc(C5=NCCN5)cc4s3)sc2cc1C1=NCCN1. The Morgan fingerprint density at radius 2 is 1.09 bits per heavy atom. The molecule has 2 aliphatic heterocycles. The molecule has 12 nitrogen and oxygen atoms in total. The molecule has 0 fully saturated rings. The van der Waals surface area contributed by atoms with E-state index >= 15 is 0 Å². The van der Waals surface area contributed by atoms with E-state index in [4.69, 9.17) is 19.1 Å². The predicted octanol–water partition coefficient (Wildman–Crippen LogP) is 3.57. The number of thiazole rings is 2. The zero-order valence-corrected chi connectivity index (χ0v) is 27.0. The third-order valence-electron chi connectivity index (χ3n) is 6.04. The molecule has 43 heavy (non-hydrogen) atoms. The fourth-order valence-corrected chi connectivity index (χ4v) is 6.46. The van der Waals surface area contributed by atoms with Crippen molar-refractivity contribution < 1.29 is 25.9 Å². The van der Waals surface area contributed by atoms with Crippen LogP contribution in [-0.4, -0.2) is 86.3 Å². The highest BCUT2D eigenvalue weighted by molar-refractivity contribution is 7.85. The van der Waals surface area contributed by atoms with Gasteiger partial charge in [0.15, 0.2) is 0 Å². The highest BCUT2D eigenvalue weighted by Gasteiger charge is 2.12. The number of amidine groups is 2. The maximum absolute atomic E-state index is 9.19. The van der Waals surface area contributed by atoms with Gasteiger partial charge in [0.1, 0.15) is 11.7 Å². The van der Waals surface area contributed by atoms with Gasteiger partial charge in [-0.15, -0.1) is 22.7 Å². The van der Waals surface area contributed by atoms with Crippen molar-refractivity contribution in [2.45, 2.75) is 32.1 Å². The Balaban J connectivity index is 0.000000369. The van der Waals surface area contributed by atoms with Gasteiger partial charge in [-0.3, -0.25) is 19.1 Å². The Morgan fingerprint density at radius 3 is 1.44 bits per heavy atom. The fourth-order valence-electron chi connectivity index (χ4n) is 4.36. The van der Waals surface area contributed by atoms with E-state index in [-0.39, 0.29) is 0 Å². The van der Waals surface area contributed by atoms with Gasteiger partial charge in [-0.05, 0) is 62.1 Å². The minimum Gasteiger partial charge on any atom is -0.368 e. The molecule has 0 atom stereocenters. The summed E-state index contributed by atoms with van der Waals surface area (Å²) in [5.41, 5.74) is 4.55. The van der Waals surface area contributed by atoms with E-state index in [1.165, 1.54) is 49.8 Å². The van der Waals surface area contributed by atoms with Gasteiger partial charge < -0.3 is 10.6 Å². The predicted molar refractivity (Wildman–Crippen MR) is 174 cm³/mol. The molecule has 16 heteroatoms. The van der Waals surface area contributed by atoms with E-state index < -0.39 is 20.2 Å². The van der Waals surface area contributed by atoms with E-state index in [1.807, 2.05) is 22.7 Å². The zero-order chi connectivity index (χ0) is 31.0. The minimum atomic E-state index is -3.67. The smallest absolute Gasteiger partial charge is 0.261 e. The first-order valence-corrected chi connectivity index (χ1v) is 18.9. The van der Waals surface area contributed by atoms with Gasteiger partial charge in [-0.1, -0.05) is 6.42 Å². The quantitative estimate of drug-likeness (QED) is 0.160. The van der Waals surface area contributed by atoms with Crippen LogP contribution in [0.2, 0.25) is 0 Å². The van der Waals surface area contributed by atoms with E-state index in [2.05, 4.69) is 57.0 Å². The van der Waals surface area contributed by atoms with Crippen molar-refractivity contribution in [3.63, 3.8) is 0 Å². The van der Waals surface area contributed by atoms with Crippen LogP contribution in [0.1, 0.15) is 40.4 Å². The largest absolute Gasteiger partial charge is 0.368 e. The lowest BCUT2D eigenvalue weighted by atomic mass is 10.1. The highest BCUT2D eigenvalue weighted by atomic mass is 32.2. The molecule has 0 spiro atoms. The summed E-state index contributed by atoms with van der Waals surface area (Å²) in [4.78, 5) is 18.7. The van der Waals surface area contributed by atoms with E-state index in [9.17, 15) is 16.8 Å². The maximum Gasteiger partial charge on any atom is 0.261 e. The average Bonchev–Trinajstić information content (AvgIpc) is 3.72. The van der Waals surface area contributed by atoms with E-state index in [0.717, 1.165) is 61.7 Å². The molecular formula is C27H34N6O6S4. The Labute approximate surface area is 258 Å². The third-order valence-corrected chi connectivity index (χ3v) is 8.20. The number of aromatic nitrogens is 2. The van der Waals surface area contributed by atoms with Crippen molar-refractivity contribution in [2.24, 2.45) is 9.98 Å². The monoisotopic (exact) mass is 666 g/mol. The number of hydrogen-bond acceptors (Lipinski definition) is 12. The zero-order valence-electron chi connectivity index (χ0n) is 23.8. The average molecular weight is 667 g/mol. The van der Waals surface area contributed by atoms with Crippen LogP contribution < -0.4 is 10.6 Å². The molecule has 0 aliphatic carbocycles. The number of nitrogens with zero attached hydrogens (tertiary/aromatic N) is 4. The number of aryl methyl sites for hydroxylation is 2. The number of rotatable bonds is 8. The molecular weight excluding hydrogens is 633 g/mol. The molecule has 6 rings (SSSR count). The summed E-state index contributed by atoms with van der Waals surface area (Å²) in [6.45, 7) is 3.61. The topological polar surface area (TPSA) is 183 Å². The van der Waals surface area contributed by atoms with E-state index in [0.29, 0.717) is 12.5 Å². The maximum atomic E-state index is 9.19. The number of fused-ring (bicyclic) bond motifs is 2. The third kappa shape index (κ3) is 11.2. The van der Waals surface area contributed by atoms with E-state index in [1.54, 1.807) is 0 Å². The van der Waals surface area contributed by atoms with Crippen LogP contribution in [0.15, 0.2) is 46.4 Å². The number of benzene rings is 2. The van der Waals surface area contributed by atoms with Gasteiger partial charge >= 0.3 is 0 Å². The summed E-state index contributed by atoms with van der Waals surface area (Å²) < 4.78 is 54.2. The Kier molecular flexibility index (Phi) is 11.2. The molecule has 2 aromatic heterocycles. The second-order valence-corrected chi connectivity index (χ2v) is 15.1. The lowest BCUT2D eigenvalue weighted by Gasteiger charge is -2.01. The van der Waals surface area contributed by atoms with Crippen molar-refractivity contribution in [1.82, 2.24) is 20.6 Å². The van der Waals surface area contributed by atoms with Crippen LogP contribution in [0.25, 0.3) is 20.4 Å². The lowest BCUT2D eigenvalue weighted by molar-refractivity contribution is 0.488. The van der Waals surface area contributed by atoms with Gasteiger partial charge in [-0.25, -0.2) is 9.97 Å². The summed E-state index contributed by atoms with van der Waals surface area (Å²) in [6, 6.07) is 13.0. The molecule has 4 heterocycles. The highest BCUT2D eigenvalue weighted by Crippen LogP contribution is 2.27. The van der Waals surface area contributed by atoms with Crippen LogP contribution in [-0.2, 0) is 33.1 Å². The second-order valence-electron chi connectivity index (χ2n) is 9.92. The molecule has 2 aromatic carbocycles. The Morgan fingerprint density at radius 1 is 0.698 bits per heavy atom. The normalized spacial score (nSPS) is 14.7. The van der Waals surface area contributed by atoms with Crippen molar-refractivity contribution in [1.29, 1.82) is 0 Å². The van der Waals surface area contributed by atoms with Crippen LogP contribution in [0.3, 0.4) is 0 Å². The van der Waals surface area contributed by atoms with Gasteiger partial charge in [0.05, 0.1) is 56.0 Å². The van der Waals surface area contributed by atoms with Crippen LogP contribution >= 0.6 is 22.7 Å². The molecule has 4 N–H and O–H groups in total. The molecule has 0 saturated heterocycles. The van der Waals surface area contributed by atoms with Gasteiger partial charge in [0.2, 0.25) is 0 Å². The van der Waals surface area contributed by atoms with Crippen LogP contribution in [0, 0.1) is 0 Å². The molecule has 0 bridgehead atoms. The van der Waals surface area contributed by atoms with Gasteiger partial charge in [0.25, 0.3) is 20.2 Å². The Bertz CT molecular complexity index is 1700. The first-order chi connectivity index (χ1) is 20.3. The summed E-state index contributed by atoms with van der Waals surface area (Å²) in [7, 11) is -7.33. The summed E-state index contributed by atoms with van der Waals surface area (Å²) in [5, 5.41) is 9.17. The molecule has 2 aliphatic rings. The van der Waals surface area contributed by atoms with Crippen LogP contribution in [0.5, 0.6) is 0 Å². The minimum absolute atomic E-state index is 0.715. The molecule has 0 unspecified atom stereocenters. The molecule has 0 amide bonds. The molecule has 0 radical (unpaired) electrons. The number of aliphatic imine (C=N–C) groups is 2. The summed E-state index contributed by atoms with van der Waals surface area (Å²) >= 11 is 3.64. The lowest BCUT2D eigenvalue weighted by Crippen LogP contribution is -2.19. The van der Waals surface area contributed by atoms with Gasteiger partial charge in [-0.2, -0.15) is 16.8 Å². The van der Waals surface area contributed by atoms with Crippen molar-refractivity contribution in [3.8, 4) is 0 Å². The molecule has 232 valence electrons. The van der Waals surface area contributed by atoms with Crippen molar-refractivity contribution >= 4 is 75.0 Å². The molecule has 0 saturated carbocycles. The second kappa shape index (κ2) is 14.6. The van der Waals surface area contributed by atoms with Crippen LogP contribution in [0.4, 0.5) is 0 Å². The molecule has 4 aromatic rings. The first-order valence-electron chi connectivity index (χ1n) is 13.5. The summed E-state index contributed by atoms with van der Waals surface area (Å²) in [6.07, 6.45) is 7.06. The first kappa shape index (κ1) is 32.9. The standard InChI is InChI=1S/C25H26N6S2.2CH4O3S/c1(2-4-22-30-18-8-6-16(14-20(18)32-22)24-26-10-11-27-24)3-5-23-31-19-9-7-17(15-21(19)33-23)25-28-12-13-29-25;2*1-5(2,3)4/h6-9,14-15H,1-5,10-13H2,(H,26,27)(H,28,29);2*1H3,(H,2,3,4). The van der Waals surface area contributed by atoms with Gasteiger partial charge in [0, 0.05) is 24.2 Å². The number of hydrogen-bond donors (Lipinski definition) is 4. The van der Waals surface area contributed by atoms with Crippen molar-refractivity contribution in [3.05, 3.63) is 57.5 Å². The fraction of sp³-hybridized carbons (Fsp3) is 0.407. The Hall–Kier alpha value is -3.02. The number of nitrogens with one attached hydrogen (secondary N) is 2. The van der Waals surface area contributed by atoms with Crippen molar-refractivity contribution in [2.75, 3.05) is 38.7 Å². The number of unbranched alkanes of at least 4 members (excludes halogenated alkanes) is 2. The summed E-state index contributed by atoms with van der Waals surface area (Å²) in [5.74, 6) is 2.03.